The molecular weight excluding hydrogens is 420 g/mol. The molecular formula is C25H28F4N2O. The molecule has 2 aliphatic carbocycles. The van der Waals surface area contributed by atoms with Crippen LogP contribution in [0, 0.1) is 23.5 Å². The lowest BCUT2D eigenvalue weighted by molar-refractivity contribution is -0.121. The molecule has 0 saturated heterocycles. The molecule has 2 fully saturated rings. The molecule has 2 aromatic rings. The quantitative estimate of drug-likeness (QED) is 0.508. The van der Waals surface area contributed by atoms with Crippen LogP contribution >= 0.6 is 0 Å². The van der Waals surface area contributed by atoms with Gasteiger partial charge in [-0.15, -0.1) is 0 Å². The third-order valence-corrected chi connectivity index (χ3v) is 6.94. The fourth-order valence-electron chi connectivity index (χ4n) is 4.91. The Hall–Kier alpha value is -2.44. The first-order valence-electron chi connectivity index (χ1n) is 11.4. The maximum absolute atomic E-state index is 14.6. The fraction of sp³-hybridized carbons (Fsp3) is 0.520. The van der Waals surface area contributed by atoms with Gasteiger partial charge in [0.05, 0.1) is 11.4 Å². The molecule has 0 atom stereocenters. The number of carbonyl (C=O) groups excluding carboxylic acids is 1. The maximum atomic E-state index is 14.6. The van der Waals surface area contributed by atoms with Gasteiger partial charge in [0.2, 0.25) is 11.8 Å². The zero-order chi connectivity index (χ0) is 22.9. The molecule has 0 radical (unpaired) electrons. The molecule has 4 rings (SSSR count). The molecule has 0 spiro atoms. The van der Waals surface area contributed by atoms with Gasteiger partial charge in [0.15, 0.2) is 0 Å². The maximum Gasteiger partial charge on any atom is 0.248 e. The van der Waals surface area contributed by atoms with Crippen molar-refractivity contribution in [3.63, 3.8) is 0 Å². The van der Waals surface area contributed by atoms with Gasteiger partial charge in [0, 0.05) is 42.0 Å². The van der Waals surface area contributed by atoms with E-state index in [1.807, 2.05) is 0 Å². The monoisotopic (exact) mass is 448 g/mol. The van der Waals surface area contributed by atoms with E-state index in [2.05, 4.69) is 17.2 Å². The molecule has 0 aliphatic heterocycles. The van der Waals surface area contributed by atoms with Gasteiger partial charge in [0.1, 0.15) is 11.6 Å². The third kappa shape index (κ3) is 4.97. The number of rotatable bonds is 4. The van der Waals surface area contributed by atoms with Gasteiger partial charge in [-0.05, 0) is 68.7 Å². The average Bonchev–Trinajstić information content (AvgIpc) is 2.76. The van der Waals surface area contributed by atoms with Crippen molar-refractivity contribution < 1.29 is 22.4 Å². The van der Waals surface area contributed by atoms with Gasteiger partial charge in [-0.1, -0.05) is 6.92 Å². The third-order valence-electron chi connectivity index (χ3n) is 6.94. The Morgan fingerprint density at radius 2 is 1.69 bits per heavy atom. The average molecular weight is 449 g/mol. The molecule has 1 amide bonds. The first-order valence-corrected chi connectivity index (χ1v) is 11.4. The summed E-state index contributed by atoms with van der Waals surface area (Å²) < 4.78 is 56.1. The number of hydrogen-bond donors (Lipinski definition) is 1. The lowest BCUT2D eigenvalue weighted by atomic mass is 9.81. The summed E-state index contributed by atoms with van der Waals surface area (Å²) in [5.41, 5.74) is 1.12. The lowest BCUT2D eigenvalue weighted by Crippen LogP contribution is -2.29. The minimum absolute atomic E-state index is 0.0161. The van der Waals surface area contributed by atoms with E-state index in [-0.39, 0.29) is 49.0 Å². The van der Waals surface area contributed by atoms with E-state index in [0.717, 1.165) is 43.9 Å². The summed E-state index contributed by atoms with van der Waals surface area (Å²) in [6, 6.07) is 4.70. The van der Waals surface area contributed by atoms with E-state index in [9.17, 15) is 22.4 Å². The first-order chi connectivity index (χ1) is 15.2. The molecule has 1 aromatic carbocycles. The zero-order valence-corrected chi connectivity index (χ0v) is 18.1. The minimum atomic E-state index is -2.70. The Labute approximate surface area is 185 Å². The molecule has 0 unspecified atom stereocenters. The first kappa shape index (κ1) is 22.7. The summed E-state index contributed by atoms with van der Waals surface area (Å²) >= 11 is 0. The summed E-state index contributed by atoms with van der Waals surface area (Å²) in [5, 5.41) is 2.95. The van der Waals surface area contributed by atoms with E-state index in [4.69, 9.17) is 0 Å². The SMILES string of the molecule is CC1CCC(C(=O)Nc2c(-c3cc(F)ccc3F)ccnc2C2CCC(F)(F)CC2)CC1. The van der Waals surface area contributed by atoms with Crippen molar-refractivity contribution in [1.82, 2.24) is 4.98 Å². The number of nitrogens with zero attached hydrogens (tertiary/aromatic N) is 1. The summed E-state index contributed by atoms with van der Waals surface area (Å²) in [4.78, 5) is 17.5. The number of hydrogen-bond acceptors (Lipinski definition) is 2. The zero-order valence-electron chi connectivity index (χ0n) is 18.1. The van der Waals surface area contributed by atoms with Crippen LogP contribution in [0.5, 0.6) is 0 Å². The summed E-state index contributed by atoms with van der Waals surface area (Å²) in [5.74, 6) is -3.98. The highest BCUT2D eigenvalue weighted by Gasteiger charge is 2.37. The standard InChI is InChI=1S/C25H28F4N2O/c1-15-2-4-17(5-3-15)24(32)31-23-19(20-14-18(26)6-7-21(20)27)10-13-30-22(23)16-8-11-25(28,29)12-9-16/h6-7,10,13-17H,2-5,8-9,11-12H2,1H3,(H,31,32). The second kappa shape index (κ2) is 9.20. The van der Waals surface area contributed by atoms with Gasteiger partial charge in [-0.2, -0.15) is 0 Å². The number of carbonyl (C=O) groups is 1. The fourth-order valence-corrected chi connectivity index (χ4v) is 4.91. The van der Waals surface area contributed by atoms with Crippen LogP contribution in [-0.2, 0) is 4.79 Å². The Kier molecular flexibility index (Phi) is 6.54. The number of pyridine rings is 1. The van der Waals surface area contributed by atoms with Crippen LogP contribution in [0.2, 0.25) is 0 Å². The number of halogens is 4. The van der Waals surface area contributed by atoms with Crippen molar-refractivity contribution in [2.24, 2.45) is 11.8 Å². The van der Waals surface area contributed by atoms with E-state index < -0.39 is 17.6 Å². The molecule has 1 N–H and O–H groups in total. The summed E-state index contributed by atoms with van der Waals surface area (Å²) in [7, 11) is 0. The summed E-state index contributed by atoms with van der Waals surface area (Å²) in [6.07, 6.45) is 4.85. The lowest BCUT2D eigenvalue weighted by Gasteiger charge is -2.30. The number of anilines is 1. The number of aromatic nitrogens is 1. The van der Waals surface area contributed by atoms with Crippen LogP contribution in [-0.4, -0.2) is 16.8 Å². The highest BCUT2D eigenvalue weighted by Crippen LogP contribution is 2.44. The molecule has 3 nitrogen and oxygen atoms in total. The molecule has 32 heavy (non-hydrogen) atoms. The highest BCUT2D eigenvalue weighted by molar-refractivity contribution is 5.97. The van der Waals surface area contributed by atoms with E-state index in [1.165, 1.54) is 12.3 Å². The van der Waals surface area contributed by atoms with Gasteiger partial charge < -0.3 is 5.32 Å². The second-order valence-electron chi connectivity index (χ2n) is 9.32. The van der Waals surface area contributed by atoms with Crippen LogP contribution in [0.15, 0.2) is 30.5 Å². The van der Waals surface area contributed by atoms with Crippen molar-refractivity contribution in [1.29, 1.82) is 0 Å². The number of alkyl halides is 2. The predicted octanol–water partition coefficient (Wildman–Crippen LogP) is 7.08. The molecule has 1 heterocycles. The van der Waals surface area contributed by atoms with E-state index >= 15 is 0 Å². The second-order valence-corrected chi connectivity index (χ2v) is 9.32. The van der Waals surface area contributed by atoms with Crippen LogP contribution in [0.25, 0.3) is 11.1 Å². The predicted molar refractivity (Wildman–Crippen MR) is 115 cm³/mol. The molecule has 2 aliphatic rings. The van der Waals surface area contributed by atoms with Crippen molar-refractivity contribution >= 4 is 11.6 Å². The highest BCUT2D eigenvalue weighted by atomic mass is 19.3. The molecule has 1 aromatic heterocycles. The molecule has 172 valence electrons. The Morgan fingerprint density at radius 3 is 2.38 bits per heavy atom. The Balaban J connectivity index is 1.72. The van der Waals surface area contributed by atoms with E-state index in [1.54, 1.807) is 0 Å². The van der Waals surface area contributed by atoms with Crippen molar-refractivity contribution in [3.05, 3.63) is 47.8 Å². The van der Waals surface area contributed by atoms with Gasteiger partial charge >= 0.3 is 0 Å². The van der Waals surface area contributed by atoms with Crippen LogP contribution < -0.4 is 5.32 Å². The van der Waals surface area contributed by atoms with Gasteiger partial charge in [0.25, 0.3) is 0 Å². The molecule has 2 saturated carbocycles. The van der Waals surface area contributed by atoms with Crippen LogP contribution in [0.3, 0.4) is 0 Å². The van der Waals surface area contributed by atoms with Gasteiger partial charge in [-0.3, -0.25) is 9.78 Å². The van der Waals surface area contributed by atoms with Crippen molar-refractivity contribution in [2.45, 2.75) is 70.1 Å². The Morgan fingerprint density at radius 1 is 1.00 bits per heavy atom. The van der Waals surface area contributed by atoms with Crippen molar-refractivity contribution in [3.8, 4) is 11.1 Å². The van der Waals surface area contributed by atoms with Crippen molar-refractivity contribution in [2.75, 3.05) is 5.32 Å². The number of amides is 1. The number of benzene rings is 1. The smallest absolute Gasteiger partial charge is 0.248 e. The molecule has 7 heteroatoms. The Bertz CT molecular complexity index is 976. The largest absolute Gasteiger partial charge is 0.324 e. The normalized spacial score (nSPS) is 23.7. The van der Waals surface area contributed by atoms with Gasteiger partial charge in [-0.25, -0.2) is 17.6 Å². The van der Waals surface area contributed by atoms with E-state index in [0.29, 0.717) is 22.9 Å². The molecule has 0 bridgehead atoms. The minimum Gasteiger partial charge on any atom is -0.324 e. The number of nitrogens with one attached hydrogen (secondary N) is 1. The summed E-state index contributed by atoms with van der Waals surface area (Å²) in [6.45, 7) is 2.16. The topological polar surface area (TPSA) is 42.0 Å². The van der Waals surface area contributed by atoms with Crippen LogP contribution in [0.4, 0.5) is 23.2 Å². The van der Waals surface area contributed by atoms with Crippen LogP contribution in [0.1, 0.15) is 69.9 Å².